The molecule has 6 rings (SSSR count). The molecular weight excluding hydrogens is 600 g/mol. The number of nitrogens with zero attached hydrogens (tertiary/aromatic N) is 3. The van der Waals surface area contributed by atoms with Crippen LogP contribution in [0.4, 0.5) is 11.4 Å². The number of fused-ring (bicyclic) bond motifs is 1. The van der Waals surface area contributed by atoms with Crippen LogP contribution in [-0.2, 0) is 6.54 Å². The number of likely N-dealkylation sites (tertiary alicyclic amines) is 2. The van der Waals surface area contributed by atoms with Gasteiger partial charge in [-0.25, -0.2) is 0 Å². The molecule has 1 aromatic heterocycles. The van der Waals surface area contributed by atoms with Crippen LogP contribution in [0.2, 0.25) is 0 Å². The van der Waals surface area contributed by atoms with Crippen molar-refractivity contribution in [2.75, 3.05) is 45.2 Å². The molecule has 3 heterocycles. The lowest BCUT2D eigenvalue weighted by Crippen LogP contribution is -2.44. The second-order valence-electron chi connectivity index (χ2n) is 13.1. The molecule has 0 radical (unpaired) electrons. The maximum Gasteiger partial charge on any atom is 0.255 e. The molecule has 0 bridgehead atoms. The maximum absolute atomic E-state index is 13.8. The van der Waals surface area contributed by atoms with E-state index in [2.05, 4.69) is 61.9 Å². The lowest BCUT2D eigenvalue weighted by atomic mass is 10.0. The van der Waals surface area contributed by atoms with E-state index in [0.717, 1.165) is 76.0 Å². The van der Waals surface area contributed by atoms with Crippen LogP contribution in [0.5, 0.6) is 5.75 Å². The number of ether oxygens (including phenoxy) is 1. The lowest BCUT2D eigenvalue weighted by molar-refractivity contribution is 0.0902. The third kappa shape index (κ3) is 8.32. The minimum absolute atomic E-state index is 0.0532. The molecule has 2 amide bonds. The van der Waals surface area contributed by atoms with Crippen molar-refractivity contribution in [2.24, 2.45) is 0 Å². The molecule has 0 aliphatic carbocycles. The molecular formula is C39H48N6O3. The Balaban J connectivity index is 1.12. The molecule has 0 saturated carbocycles. The summed E-state index contributed by atoms with van der Waals surface area (Å²) in [5.41, 5.74) is 4.49. The standard InChI is InChI=1S/C39H48N6O3/c1-3-4-21-44-22-17-31(18-23-44)42-38(46)29-13-15-30(16-14-29)41-36-33-11-8-12-35(48-2)37(33)40-26-34(36)39(47)43-32-19-24-45(25-20-32)27-28-9-6-5-7-10-28/h5-16,26,31-32H,3-4,17-25,27H2,1-2H3,(H,40,41)(H,42,46)(H,43,47). The normalized spacial score (nSPS) is 16.5. The lowest BCUT2D eigenvalue weighted by Gasteiger charge is -2.32. The van der Waals surface area contributed by atoms with Crippen LogP contribution in [0, 0.1) is 0 Å². The number of methoxy groups -OCH3 is 1. The number of carbonyl (C=O) groups is 2. The Morgan fingerprint density at radius 3 is 2.15 bits per heavy atom. The summed E-state index contributed by atoms with van der Waals surface area (Å²) in [4.78, 5) is 36.5. The van der Waals surface area contributed by atoms with Gasteiger partial charge in [0.15, 0.2) is 0 Å². The summed E-state index contributed by atoms with van der Waals surface area (Å²) in [6.07, 6.45) is 7.78. The third-order valence-electron chi connectivity index (χ3n) is 9.66. The number of para-hydroxylation sites is 1. The van der Waals surface area contributed by atoms with Gasteiger partial charge in [-0.1, -0.05) is 55.8 Å². The fourth-order valence-corrected chi connectivity index (χ4v) is 6.81. The molecule has 48 heavy (non-hydrogen) atoms. The summed E-state index contributed by atoms with van der Waals surface area (Å²) in [6.45, 7) is 8.20. The van der Waals surface area contributed by atoms with E-state index in [4.69, 9.17) is 4.74 Å². The molecule has 3 aromatic carbocycles. The highest BCUT2D eigenvalue weighted by atomic mass is 16.5. The van der Waals surface area contributed by atoms with E-state index in [-0.39, 0.29) is 23.9 Å². The van der Waals surface area contributed by atoms with Gasteiger partial charge in [0.05, 0.1) is 18.4 Å². The molecule has 4 aromatic rings. The predicted molar refractivity (Wildman–Crippen MR) is 192 cm³/mol. The first kappa shape index (κ1) is 33.4. The summed E-state index contributed by atoms with van der Waals surface area (Å²) in [5, 5.41) is 10.8. The molecule has 0 spiro atoms. The first-order valence-corrected chi connectivity index (χ1v) is 17.4. The Labute approximate surface area is 284 Å². The molecule has 3 N–H and O–H groups in total. The van der Waals surface area contributed by atoms with Crippen molar-refractivity contribution < 1.29 is 14.3 Å². The average Bonchev–Trinajstić information content (AvgIpc) is 3.12. The van der Waals surface area contributed by atoms with E-state index in [1.807, 2.05) is 48.5 Å². The zero-order valence-electron chi connectivity index (χ0n) is 28.2. The first-order chi connectivity index (χ1) is 23.5. The molecule has 9 nitrogen and oxygen atoms in total. The van der Waals surface area contributed by atoms with Crippen LogP contribution in [0.1, 0.15) is 71.7 Å². The summed E-state index contributed by atoms with van der Waals surface area (Å²) in [6, 6.07) is 23.9. The van der Waals surface area contributed by atoms with Crippen LogP contribution in [-0.4, -0.2) is 78.5 Å². The predicted octanol–water partition coefficient (Wildman–Crippen LogP) is 6.38. The molecule has 2 saturated heterocycles. The van der Waals surface area contributed by atoms with E-state index in [0.29, 0.717) is 28.1 Å². The smallest absolute Gasteiger partial charge is 0.255 e. The van der Waals surface area contributed by atoms with Gasteiger partial charge in [0.2, 0.25) is 0 Å². The number of anilines is 2. The van der Waals surface area contributed by atoms with Crippen molar-refractivity contribution in [3.63, 3.8) is 0 Å². The molecule has 2 fully saturated rings. The largest absolute Gasteiger partial charge is 0.494 e. The van der Waals surface area contributed by atoms with Crippen molar-refractivity contribution >= 4 is 34.1 Å². The molecule has 252 valence electrons. The van der Waals surface area contributed by atoms with E-state index < -0.39 is 0 Å². The number of amides is 2. The van der Waals surface area contributed by atoms with Crippen molar-refractivity contribution in [2.45, 2.75) is 64.1 Å². The number of piperidine rings is 2. The zero-order chi connectivity index (χ0) is 33.3. The highest BCUT2D eigenvalue weighted by Gasteiger charge is 2.25. The van der Waals surface area contributed by atoms with Crippen LogP contribution < -0.4 is 20.7 Å². The summed E-state index contributed by atoms with van der Waals surface area (Å²) >= 11 is 0. The van der Waals surface area contributed by atoms with Gasteiger partial charge in [-0.2, -0.15) is 0 Å². The number of aromatic nitrogens is 1. The average molecular weight is 649 g/mol. The van der Waals surface area contributed by atoms with Crippen molar-refractivity contribution in [1.82, 2.24) is 25.4 Å². The van der Waals surface area contributed by atoms with Gasteiger partial charge in [-0.3, -0.25) is 19.5 Å². The monoisotopic (exact) mass is 648 g/mol. The second kappa shape index (κ2) is 16.1. The highest BCUT2D eigenvalue weighted by molar-refractivity contribution is 6.09. The van der Waals surface area contributed by atoms with Gasteiger partial charge in [0.1, 0.15) is 11.3 Å². The number of rotatable bonds is 12. The Hall–Kier alpha value is -4.47. The minimum Gasteiger partial charge on any atom is -0.494 e. The third-order valence-corrected chi connectivity index (χ3v) is 9.66. The summed E-state index contributed by atoms with van der Waals surface area (Å²) < 4.78 is 5.59. The van der Waals surface area contributed by atoms with E-state index >= 15 is 0 Å². The molecule has 2 aliphatic heterocycles. The molecule has 2 aliphatic rings. The number of unbranched alkanes of at least 4 members (excludes halogenated alkanes) is 1. The van der Waals surface area contributed by atoms with Gasteiger partial charge in [-0.15, -0.1) is 0 Å². The first-order valence-electron chi connectivity index (χ1n) is 17.4. The number of hydrogen-bond acceptors (Lipinski definition) is 7. The van der Waals surface area contributed by atoms with Crippen LogP contribution in [0.25, 0.3) is 10.9 Å². The minimum atomic E-state index is -0.159. The van der Waals surface area contributed by atoms with Gasteiger partial charge in [-0.05, 0) is 74.5 Å². The van der Waals surface area contributed by atoms with Crippen LogP contribution >= 0.6 is 0 Å². The number of nitrogens with one attached hydrogen (secondary N) is 3. The summed E-state index contributed by atoms with van der Waals surface area (Å²) in [7, 11) is 1.62. The van der Waals surface area contributed by atoms with E-state index in [1.165, 1.54) is 18.4 Å². The Morgan fingerprint density at radius 2 is 1.48 bits per heavy atom. The number of carbonyl (C=O) groups excluding carboxylic acids is 2. The fraction of sp³-hybridized carbons (Fsp3) is 0.410. The second-order valence-corrected chi connectivity index (χ2v) is 13.1. The van der Waals surface area contributed by atoms with Gasteiger partial charge in [0, 0.05) is 67.6 Å². The SMILES string of the molecule is CCCCN1CCC(NC(=O)c2ccc(Nc3c(C(=O)NC4CCN(Cc5ccccc5)CC4)cnc4c(OC)cccc34)cc2)CC1. The Bertz CT molecular complexity index is 1660. The molecule has 9 heteroatoms. The van der Waals surface area contributed by atoms with E-state index in [1.54, 1.807) is 13.3 Å². The molecule has 0 unspecified atom stereocenters. The van der Waals surface area contributed by atoms with Crippen molar-refractivity contribution in [3.8, 4) is 5.75 Å². The number of benzene rings is 3. The Kier molecular flexibility index (Phi) is 11.2. The summed E-state index contributed by atoms with van der Waals surface area (Å²) in [5.74, 6) is 0.423. The topological polar surface area (TPSA) is 98.8 Å². The fourth-order valence-electron chi connectivity index (χ4n) is 6.81. The van der Waals surface area contributed by atoms with Crippen LogP contribution in [0.15, 0.2) is 79.0 Å². The number of hydrogen-bond donors (Lipinski definition) is 3. The number of pyridine rings is 1. The van der Waals surface area contributed by atoms with Crippen molar-refractivity contribution in [1.29, 1.82) is 0 Å². The zero-order valence-corrected chi connectivity index (χ0v) is 28.2. The Morgan fingerprint density at radius 1 is 0.812 bits per heavy atom. The van der Waals surface area contributed by atoms with Gasteiger partial charge in [0.25, 0.3) is 11.8 Å². The highest BCUT2D eigenvalue weighted by Crippen LogP contribution is 2.34. The van der Waals surface area contributed by atoms with Crippen LogP contribution in [0.3, 0.4) is 0 Å². The van der Waals surface area contributed by atoms with E-state index in [9.17, 15) is 9.59 Å². The van der Waals surface area contributed by atoms with Crippen molar-refractivity contribution in [3.05, 3.63) is 95.7 Å². The maximum atomic E-state index is 13.8. The molecule has 0 atom stereocenters. The van der Waals surface area contributed by atoms with Gasteiger partial charge < -0.3 is 25.6 Å². The van der Waals surface area contributed by atoms with Gasteiger partial charge >= 0.3 is 0 Å². The quantitative estimate of drug-likeness (QED) is 0.164.